The highest BCUT2D eigenvalue weighted by atomic mass is 16.5. The van der Waals surface area contributed by atoms with Crippen LogP contribution < -0.4 is 5.73 Å². The minimum Gasteiger partial charge on any atom is -0.412 e. The standard InChI is InChI=1S/C10H11NO3/c11-7-14-10(13)9-4-2-1-3-8(9)5-6-12/h1-4,6H,5,7,11H2/p+1. The summed E-state index contributed by atoms with van der Waals surface area (Å²) in [6, 6.07) is 6.87. The van der Waals surface area contributed by atoms with Gasteiger partial charge in [-0.05, 0) is 11.6 Å². The number of rotatable bonds is 4. The van der Waals surface area contributed by atoms with Gasteiger partial charge in [-0.3, -0.25) is 0 Å². The van der Waals surface area contributed by atoms with Crippen LogP contribution in [-0.2, 0) is 16.0 Å². The van der Waals surface area contributed by atoms with E-state index in [0.29, 0.717) is 11.1 Å². The fourth-order valence-electron chi connectivity index (χ4n) is 1.16. The maximum absolute atomic E-state index is 11.4. The zero-order chi connectivity index (χ0) is 10.4. The molecule has 74 valence electrons. The van der Waals surface area contributed by atoms with Gasteiger partial charge >= 0.3 is 5.97 Å². The van der Waals surface area contributed by atoms with Crippen molar-refractivity contribution in [2.75, 3.05) is 6.73 Å². The Balaban J connectivity index is 2.93. The third-order valence-corrected chi connectivity index (χ3v) is 1.77. The zero-order valence-electron chi connectivity index (χ0n) is 7.73. The Kier molecular flexibility index (Phi) is 3.82. The number of ether oxygens (including phenoxy) is 1. The first-order chi connectivity index (χ1) is 6.79. The molecule has 0 spiro atoms. The molecule has 3 N–H and O–H groups in total. The Hall–Kier alpha value is -1.68. The summed E-state index contributed by atoms with van der Waals surface area (Å²) in [6.45, 7) is 0.0915. The largest absolute Gasteiger partial charge is 0.412 e. The van der Waals surface area contributed by atoms with E-state index in [1.807, 2.05) is 0 Å². The van der Waals surface area contributed by atoms with Crippen LogP contribution >= 0.6 is 0 Å². The highest BCUT2D eigenvalue weighted by molar-refractivity contribution is 5.91. The molecule has 0 bridgehead atoms. The van der Waals surface area contributed by atoms with E-state index in [1.165, 1.54) is 0 Å². The summed E-state index contributed by atoms with van der Waals surface area (Å²) in [5.41, 5.74) is 4.53. The molecule has 0 aliphatic carbocycles. The van der Waals surface area contributed by atoms with Crippen LogP contribution in [0.2, 0.25) is 0 Å². The van der Waals surface area contributed by atoms with Gasteiger partial charge < -0.3 is 15.3 Å². The number of aldehydes is 1. The monoisotopic (exact) mass is 194 g/mol. The molecule has 4 nitrogen and oxygen atoms in total. The first-order valence-corrected chi connectivity index (χ1v) is 4.27. The summed E-state index contributed by atoms with van der Waals surface area (Å²) < 4.78 is 4.75. The first-order valence-electron chi connectivity index (χ1n) is 4.27. The average Bonchev–Trinajstić information content (AvgIpc) is 2.19. The van der Waals surface area contributed by atoms with Crippen LogP contribution in [0.25, 0.3) is 0 Å². The van der Waals surface area contributed by atoms with E-state index in [4.69, 9.17) is 4.74 Å². The van der Waals surface area contributed by atoms with Crippen molar-refractivity contribution in [3.8, 4) is 0 Å². The quantitative estimate of drug-likeness (QED) is 0.409. The second-order valence-electron chi connectivity index (χ2n) is 2.66. The normalized spacial score (nSPS) is 9.50. The average molecular weight is 194 g/mol. The summed E-state index contributed by atoms with van der Waals surface area (Å²) in [4.78, 5) is 21.7. The predicted molar refractivity (Wildman–Crippen MR) is 49.4 cm³/mol. The predicted octanol–water partition coefficient (Wildman–Crippen LogP) is -0.216. The topological polar surface area (TPSA) is 71.0 Å². The molecule has 14 heavy (non-hydrogen) atoms. The number of carbonyl (C=O) groups excluding carboxylic acids is 2. The molecule has 0 heterocycles. The Morgan fingerprint density at radius 1 is 1.43 bits per heavy atom. The van der Waals surface area contributed by atoms with Gasteiger partial charge in [0, 0.05) is 6.42 Å². The molecule has 0 saturated carbocycles. The third-order valence-electron chi connectivity index (χ3n) is 1.77. The van der Waals surface area contributed by atoms with Crippen LogP contribution in [0.15, 0.2) is 24.3 Å². The Labute approximate surface area is 81.7 Å². The van der Waals surface area contributed by atoms with Gasteiger partial charge in [0.25, 0.3) is 0 Å². The molecule has 0 radical (unpaired) electrons. The molecule has 0 unspecified atom stereocenters. The van der Waals surface area contributed by atoms with Gasteiger partial charge in [0.1, 0.15) is 6.29 Å². The molecular formula is C10H12NO3+. The van der Waals surface area contributed by atoms with Gasteiger partial charge in [-0.25, -0.2) is 4.79 Å². The maximum Gasteiger partial charge on any atom is 0.342 e. The van der Waals surface area contributed by atoms with Crippen LogP contribution in [-0.4, -0.2) is 19.0 Å². The molecule has 0 amide bonds. The number of benzene rings is 1. The SMILES string of the molecule is [NH3+]COC(=O)c1ccccc1CC=O. The van der Waals surface area contributed by atoms with Crippen LogP contribution in [0.4, 0.5) is 0 Å². The molecule has 0 saturated heterocycles. The van der Waals surface area contributed by atoms with Crippen LogP contribution in [0.5, 0.6) is 0 Å². The number of quaternary nitrogens is 1. The van der Waals surface area contributed by atoms with Crippen molar-refractivity contribution in [3.05, 3.63) is 35.4 Å². The lowest BCUT2D eigenvalue weighted by Crippen LogP contribution is -2.52. The first kappa shape index (κ1) is 10.4. The number of hydrogen-bond donors (Lipinski definition) is 1. The summed E-state index contributed by atoms with van der Waals surface area (Å²) in [6.07, 6.45) is 0.985. The molecule has 0 aliphatic rings. The van der Waals surface area contributed by atoms with E-state index in [9.17, 15) is 9.59 Å². The molecule has 1 aromatic rings. The third kappa shape index (κ3) is 2.40. The molecule has 0 aliphatic heterocycles. The van der Waals surface area contributed by atoms with E-state index in [-0.39, 0.29) is 13.2 Å². The molecule has 0 fully saturated rings. The maximum atomic E-state index is 11.4. The molecule has 1 aromatic carbocycles. The zero-order valence-corrected chi connectivity index (χ0v) is 7.73. The van der Waals surface area contributed by atoms with Crippen molar-refractivity contribution in [2.45, 2.75) is 6.42 Å². The van der Waals surface area contributed by atoms with E-state index in [0.717, 1.165) is 6.29 Å². The summed E-state index contributed by atoms with van der Waals surface area (Å²) in [7, 11) is 0. The number of carbonyl (C=O) groups is 2. The van der Waals surface area contributed by atoms with Crippen molar-refractivity contribution in [3.63, 3.8) is 0 Å². The molecular weight excluding hydrogens is 182 g/mol. The molecule has 0 atom stereocenters. The molecule has 1 rings (SSSR count). The van der Waals surface area contributed by atoms with E-state index in [2.05, 4.69) is 5.73 Å². The lowest BCUT2D eigenvalue weighted by Gasteiger charge is -2.04. The minimum absolute atomic E-state index is 0.0915. The lowest BCUT2D eigenvalue weighted by atomic mass is 10.1. The second kappa shape index (κ2) is 5.14. The Morgan fingerprint density at radius 2 is 2.14 bits per heavy atom. The Morgan fingerprint density at radius 3 is 2.79 bits per heavy atom. The van der Waals surface area contributed by atoms with Crippen molar-refractivity contribution in [1.29, 1.82) is 0 Å². The van der Waals surface area contributed by atoms with Gasteiger partial charge in [-0.15, -0.1) is 0 Å². The minimum atomic E-state index is -0.433. The summed E-state index contributed by atoms with van der Waals surface area (Å²) >= 11 is 0. The van der Waals surface area contributed by atoms with Crippen molar-refractivity contribution >= 4 is 12.3 Å². The van der Waals surface area contributed by atoms with Gasteiger partial charge in [0.15, 0.2) is 0 Å². The summed E-state index contributed by atoms with van der Waals surface area (Å²) in [5, 5.41) is 0. The van der Waals surface area contributed by atoms with Gasteiger partial charge in [-0.1, -0.05) is 18.2 Å². The molecule has 0 aromatic heterocycles. The van der Waals surface area contributed by atoms with E-state index < -0.39 is 5.97 Å². The second-order valence-corrected chi connectivity index (χ2v) is 2.66. The molecule has 4 heteroatoms. The fourth-order valence-corrected chi connectivity index (χ4v) is 1.16. The summed E-state index contributed by atoms with van der Waals surface area (Å²) in [5.74, 6) is -0.433. The van der Waals surface area contributed by atoms with E-state index in [1.54, 1.807) is 24.3 Å². The number of esters is 1. The van der Waals surface area contributed by atoms with Crippen molar-refractivity contribution in [1.82, 2.24) is 0 Å². The highest BCUT2D eigenvalue weighted by Crippen LogP contribution is 2.09. The van der Waals surface area contributed by atoms with Gasteiger partial charge in [0.2, 0.25) is 6.73 Å². The van der Waals surface area contributed by atoms with Crippen LogP contribution in [0.3, 0.4) is 0 Å². The lowest BCUT2D eigenvalue weighted by molar-refractivity contribution is -0.418. The number of hydrogen-bond acceptors (Lipinski definition) is 3. The van der Waals surface area contributed by atoms with Crippen LogP contribution in [0, 0.1) is 0 Å². The van der Waals surface area contributed by atoms with Crippen LogP contribution in [0.1, 0.15) is 15.9 Å². The smallest absolute Gasteiger partial charge is 0.342 e. The Bertz CT molecular complexity index is 336. The van der Waals surface area contributed by atoms with Gasteiger partial charge in [-0.2, -0.15) is 0 Å². The van der Waals surface area contributed by atoms with Crippen molar-refractivity contribution < 1.29 is 20.1 Å². The van der Waals surface area contributed by atoms with Crippen molar-refractivity contribution in [2.24, 2.45) is 0 Å². The van der Waals surface area contributed by atoms with Gasteiger partial charge in [0.05, 0.1) is 5.56 Å². The van der Waals surface area contributed by atoms with E-state index >= 15 is 0 Å². The highest BCUT2D eigenvalue weighted by Gasteiger charge is 2.11. The fraction of sp³-hybridized carbons (Fsp3) is 0.200.